The third-order valence-corrected chi connectivity index (χ3v) is 4.95. The van der Waals surface area contributed by atoms with E-state index >= 15 is 0 Å². The second-order valence-electron chi connectivity index (χ2n) is 4.03. The fraction of sp³-hybridized carbons (Fsp3) is 0.417. The lowest BCUT2D eigenvalue weighted by Gasteiger charge is -2.08. The number of hydrogen-bond acceptors (Lipinski definition) is 4. The Labute approximate surface area is 104 Å². The van der Waals surface area contributed by atoms with E-state index in [1.54, 1.807) is 22.7 Å². The fourth-order valence-corrected chi connectivity index (χ4v) is 3.59. The molecule has 2 nitrogen and oxygen atoms in total. The molecular weight excluding hydrogens is 236 g/mol. The summed E-state index contributed by atoms with van der Waals surface area (Å²) < 4.78 is 0. The number of thiophene rings is 1. The van der Waals surface area contributed by atoms with E-state index < -0.39 is 0 Å². The molecule has 0 fully saturated rings. The molecule has 2 aromatic rings. The monoisotopic (exact) mass is 252 g/mol. The van der Waals surface area contributed by atoms with Gasteiger partial charge in [0.05, 0.1) is 10.7 Å². The van der Waals surface area contributed by atoms with Crippen LogP contribution < -0.4 is 5.73 Å². The predicted octanol–water partition coefficient (Wildman–Crippen LogP) is 3.37. The molecule has 0 radical (unpaired) electrons. The summed E-state index contributed by atoms with van der Waals surface area (Å²) in [5, 5.41) is 3.25. The second-order valence-corrected chi connectivity index (χ2v) is 6.26. The van der Waals surface area contributed by atoms with Crippen molar-refractivity contribution in [2.45, 2.75) is 33.2 Å². The molecule has 0 saturated carbocycles. The number of nitrogens with zero attached hydrogens (tertiary/aromatic N) is 1. The minimum atomic E-state index is 0.0879. The summed E-state index contributed by atoms with van der Waals surface area (Å²) in [4.78, 5) is 7.11. The molecule has 2 N–H and O–H groups in total. The summed E-state index contributed by atoms with van der Waals surface area (Å²) in [5.74, 6) is 0. The van der Waals surface area contributed by atoms with E-state index in [1.165, 1.54) is 15.3 Å². The number of thiazole rings is 1. The third-order valence-electron chi connectivity index (χ3n) is 2.71. The average molecular weight is 252 g/mol. The zero-order valence-electron chi connectivity index (χ0n) is 9.78. The molecule has 0 spiro atoms. The van der Waals surface area contributed by atoms with Crippen molar-refractivity contribution in [3.63, 3.8) is 0 Å². The Morgan fingerprint density at radius 2 is 2.12 bits per heavy atom. The Balaban J connectivity index is 2.13. The Bertz CT molecular complexity index is 465. The normalized spacial score (nSPS) is 13.0. The van der Waals surface area contributed by atoms with Gasteiger partial charge in [0.25, 0.3) is 0 Å². The minimum absolute atomic E-state index is 0.0879. The van der Waals surface area contributed by atoms with Crippen molar-refractivity contribution in [3.8, 4) is 0 Å². The van der Waals surface area contributed by atoms with Gasteiger partial charge in [0.2, 0.25) is 0 Å². The number of nitrogens with two attached hydrogens (primary N) is 1. The molecule has 86 valence electrons. The van der Waals surface area contributed by atoms with Gasteiger partial charge in [-0.25, -0.2) is 4.98 Å². The maximum Gasteiger partial charge on any atom is 0.0950 e. The van der Waals surface area contributed by atoms with Crippen LogP contribution in [0.3, 0.4) is 0 Å². The molecule has 0 bridgehead atoms. The van der Waals surface area contributed by atoms with E-state index in [0.717, 1.165) is 17.1 Å². The molecule has 0 aromatic carbocycles. The van der Waals surface area contributed by atoms with Crippen LogP contribution in [0.5, 0.6) is 0 Å². The van der Waals surface area contributed by atoms with E-state index in [-0.39, 0.29) is 6.04 Å². The number of aryl methyl sites for hydroxylation is 3. The molecule has 2 aromatic heterocycles. The molecule has 0 aliphatic carbocycles. The summed E-state index contributed by atoms with van der Waals surface area (Å²) in [6, 6.07) is 2.21. The molecular formula is C12H16N2S2. The SMILES string of the molecule is Cc1ccsc1C(N)Cc1nc(C)c(C)s1. The first-order valence-corrected chi connectivity index (χ1v) is 7.00. The predicted molar refractivity (Wildman–Crippen MR) is 71.3 cm³/mol. The van der Waals surface area contributed by atoms with E-state index in [1.807, 2.05) is 0 Å². The van der Waals surface area contributed by atoms with E-state index in [4.69, 9.17) is 5.73 Å². The third kappa shape index (κ3) is 2.34. The van der Waals surface area contributed by atoms with Crippen LogP contribution in [0.1, 0.15) is 32.1 Å². The smallest absolute Gasteiger partial charge is 0.0950 e. The lowest BCUT2D eigenvalue weighted by molar-refractivity contribution is 0.726. The first-order chi connectivity index (χ1) is 7.58. The summed E-state index contributed by atoms with van der Waals surface area (Å²) >= 11 is 3.50. The van der Waals surface area contributed by atoms with E-state index in [0.29, 0.717) is 0 Å². The van der Waals surface area contributed by atoms with Gasteiger partial charge in [-0.2, -0.15) is 0 Å². The molecule has 1 atom stereocenters. The number of aromatic nitrogens is 1. The van der Waals surface area contributed by atoms with Gasteiger partial charge >= 0.3 is 0 Å². The van der Waals surface area contributed by atoms with Gasteiger partial charge in [0.15, 0.2) is 0 Å². The molecule has 0 aliphatic rings. The Kier molecular flexibility index (Phi) is 3.42. The van der Waals surface area contributed by atoms with Crippen LogP contribution in [-0.4, -0.2) is 4.98 Å². The van der Waals surface area contributed by atoms with Crippen LogP contribution in [-0.2, 0) is 6.42 Å². The number of rotatable bonds is 3. The minimum Gasteiger partial charge on any atom is -0.323 e. The Morgan fingerprint density at radius 1 is 1.38 bits per heavy atom. The lowest BCUT2D eigenvalue weighted by atomic mass is 10.1. The topological polar surface area (TPSA) is 38.9 Å². The van der Waals surface area contributed by atoms with Crippen LogP contribution in [0.2, 0.25) is 0 Å². The van der Waals surface area contributed by atoms with Crippen molar-refractivity contribution in [2.75, 3.05) is 0 Å². The molecule has 4 heteroatoms. The van der Waals surface area contributed by atoms with Crippen LogP contribution in [0, 0.1) is 20.8 Å². The highest BCUT2D eigenvalue weighted by molar-refractivity contribution is 7.11. The Morgan fingerprint density at radius 3 is 2.62 bits per heavy atom. The lowest BCUT2D eigenvalue weighted by Crippen LogP contribution is -2.12. The van der Waals surface area contributed by atoms with Crippen LogP contribution >= 0.6 is 22.7 Å². The maximum absolute atomic E-state index is 6.21. The summed E-state index contributed by atoms with van der Waals surface area (Å²) in [6.07, 6.45) is 0.848. The summed E-state index contributed by atoms with van der Waals surface area (Å²) in [6.45, 7) is 6.28. The fourth-order valence-electron chi connectivity index (χ4n) is 1.67. The Hall–Kier alpha value is -0.710. The quantitative estimate of drug-likeness (QED) is 0.909. The highest BCUT2D eigenvalue weighted by Gasteiger charge is 2.13. The summed E-state index contributed by atoms with van der Waals surface area (Å²) in [5.41, 5.74) is 8.64. The molecule has 1 unspecified atom stereocenters. The molecule has 2 heterocycles. The van der Waals surface area contributed by atoms with Gasteiger partial charge in [0.1, 0.15) is 0 Å². The molecule has 0 aliphatic heterocycles. The van der Waals surface area contributed by atoms with Crippen LogP contribution in [0.4, 0.5) is 0 Å². The maximum atomic E-state index is 6.21. The molecule has 16 heavy (non-hydrogen) atoms. The molecule has 0 amide bonds. The van der Waals surface area contributed by atoms with Crippen LogP contribution in [0.25, 0.3) is 0 Å². The average Bonchev–Trinajstić information content (AvgIpc) is 2.74. The molecule has 2 rings (SSSR count). The van der Waals surface area contributed by atoms with Crippen molar-refractivity contribution in [3.05, 3.63) is 37.5 Å². The summed E-state index contributed by atoms with van der Waals surface area (Å²) in [7, 11) is 0. The standard InChI is InChI=1S/C12H16N2S2/c1-7-4-5-15-12(7)10(13)6-11-14-8(2)9(3)16-11/h4-5,10H,6,13H2,1-3H3. The van der Waals surface area contributed by atoms with E-state index in [2.05, 4.69) is 37.2 Å². The second kappa shape index (κ2) is 4.65. The van der Waals surface area contributed by atoms with Crippen molar-refractivity contribution in [1.82, 2.24) is 4.98 Å². The van der Waals surface area contributed by atoms with Gasteiger partial charge in [-0.1, -0.05) is 0 Å². The van der Waals surface area contributed by atoms with Gasteiger partial charge in [-0.15, -0.1) is 22.7 Å². The van der Waals surface area contributed by atoms with Crippen molar-refractivity contribution in [1.29, 1.82) is 0 Å². The zero-order valence-corrected chi connectivity index (χ0v) is 11.4. The van der Waals surface area contributed by atoms with E-state index in [9.17, 15) is 0 Å². The van der Waals surface area contributed by atoms with Gasteiger partial charge in [-0.05, 0) is 37.8 Å². The van der Waals surface area contributed by atoms with Crippen LogP contribution in [0.15, 0.2) is 11.4 Å². The van der Waals surface area contributed by atoms with Crippen molar-refractivity contribution in [2.24, 2.45) is 5.73 Å². The van der Waals surface area contributed by atoms with Gasteiger partial charge in [0, 0.05) is 22.2 Å². The van der Waals surface area contributed by atoms with Crippen molar-refractivity contribution < 1.29 is 0 Å². The number of hydrogen-bond donors (Lipinski definition) is 1. The zero-order chi connectivity index (χ0) is 11.7. The molecule has 0 saturated heterocycles. The highest BCUT2D eigenvalue weighted by Crippen LogP contribution is 2.27. The first-order valence-electron chi connectivity index (χ1n) is 5.30. The largest absolute Gasteiger partial charge is 0.323 e. The van der Waals surface area contributed by atoms with Gasteiger partial charge in [-0.3, -0.25) is 0 Å². The first kappa shape index (κ1) is 11.8. The highest BCUT2D eigenvalue weighted by atomic mass is 32.1. The van der Waals surface area contributed by atoms with Gasteiger partial charge < -0.3 is 5.73 Å². The van der Waals surface area contributed by atoms with Crippen molar-refractivity contribution >= 4 is 22.7 Å².